The topological polar surface area (TPSA) is 123 Å². The molecule has 1 unspecified atom stereocenters. The van der Waals surface area contributed by atoms with Crippen LogP contribution >= 0.6 is 0 Å². The van der Waals surface area contributed by atoms with Gasteiger partial charge in [-0.25, -0.2) is 0 Å². The number of amides is 1. The summed E-state index contributed by atoms with van der Waals surface area (Å²) >= 11 is 0. The number of nitriles is 1. The Labute approximate surface area is 211 Å². The molecule has 9 heteroatoms. The first-order chi connectivity index (χ1) is 17.4. The lowest BCUT2D eigenvalue weighted by atomic mass is 10.00. The van der Waals surface area contributed by atoms with Crippen LogP contribution in [0.2, 0.25) is 0 Å². The molecule has 1 fully saturated rings. The van der Waals surface area contributed by atoms with E-state index in [-0.39, 0.29) is 12.5 Å². The van der Waals surface area contributed by atoms with Crippen molar-refractivity contribution >= 4 is 29.0 Å². The number of aromatic nitrogens is 2. The minimum Gasteiger partial charge on any atom is -0.481 e. The Kier molecular flexibility index (Phi) is 9.95. The largest absolute Gasteiger partial charge is 0.481 e. The summed E-state index contributed by atoms with van der Waals surface area (Å²) in [6, 6.07) is 11.6. The highest BCUT2D eigenvalue weighted by Gasteiger charge is 2.13. The number of carboxylic acid groups (broad SMARTS) is 1. The molecule has 0 bridgehead atoms. The van der Waals surface area contributed by atoms with Gasteiger partial charge in [0, 0.05) is 49.4 Å². The molecular weight excluding hydrogens is 458 g/mol. The van der Waals surface area contributed by atoms with Gasteiger partial charge in [0.1, 0.15) is 11.8 Å². The molecule has 1 aliphatic rings. The van der Waals surface area contributed by atoms with Crippen LogP contribution in [0.5, 0.6) is 0 Å². The number of benzene rings is 1. The van der Waals surface area contributed by atoms with Crippen LogP contribution in [0.1, 0.15) is 50.8 Å². The number of nitrogens with zero attached hydrogens (tertiary/aromatic N) is 3. The van der Waals surface area contributed by atoms with Gasteiger partial charge in [0.15, 0.2) is 0 Å². The zero-order valence-corrected chi connectivity index (χ0v) is 20.9. The van der Waals surface area contributed by atoms with Gasteiger partial charge in [-0.1, -0.05) is 13.0 Å². The van der Waals surface area contributed by atoms with Crippen molar-refractivity contribution < 1.29 is 19.5 Å². The van der Waals surface area contributed by atoms with Gasteiger partial charge in [-0.2, -0.15) is 5.26 Å². The summed E-state index contributed by atoms with van der Waals surface area (Å²) in [5, 5.41) is 18.9. The lowest BCUT2D eigenvalue weighted by Crippen LogP contribution is -2.31. The molecule has 1 aromatic carbocycles. The van der Waals surface area contributed by atoms with E-state index in [2.05, 4.69) is 23.5 Å². The van der Waals surface area contributed by atoms with Crippen LogP contribution in [-0.2, 0) is 27.4 Å². The minimum absolute atomic E-state index is 0.0735. The van der Waals surface area contributed by atoms with E-state index >= 15 is 0 Å². The number of aryl methyl sites for hydroxylation is 2. The van der Waals surface area contributed by atoms with Crippen LogP contribution in [0.15, 0.2) is 42.7 Å². The molecule has 0 aliphatic carbocycles. The SMILES string of the molecule is CC(CCn1cccc1C#N)ONc1cccc2[nH]cc(CCC(=O)O)c12.CC1CCN(C=O)CC1. The van der Waals surface area contributed by atoms with Gasteiger partial charge in [-0.3, -0.25) is 19.9 Å². The van der Waals surface area contributed by atoms with Crippen molar-refractivity contribution in [3.05, 3.63) is 54.0 Å². The van der Waals surface area contributed by atoms with E-state index in [0.29, 0.717) is 18.7 Å². The van der Waals surface area contributed by atoms with E-state index in [1.807, 2.05) is 53.0 Å². The lowest BCUT2D eigenvalue weighted by Gasteiger charge is -2.26. The van der Waals surface area contributed by atoms with Crippen molar-refractivity contribution in [2.24, 2.45) is 5.92 Å². The smallest absolute Gasteiger partial charge is 0.303 e. The van der Waals surface area contributed by atoms with Gasteiger partial charge in [0.2, 0.25) is 6.41 Å². The summed E-state index contributed by atoms with van der Waals surface area (Å²) in [6.07, 6.45) is 8.24. The summed E-state index contributed by atoms with van der Waals surface area (Å²) in [4.78, 5) is 31.9. The third kappa shape index (κ3) is 7.62. The van der Waals surface area contributed by atoms with Gasteiger partial charge < -0.3 is 19.6 Å². The van der Waals surface area contributed by atoms with Crippen molar-refractivity contribution in [2.75, 3.05) is 18.6 Å². The maximum atomic E-state index is 10.9. The highest BCUT2D eigenvalue weighted by molar-refractivity contribution is 5.94. The average molecular weight is 494 g/mol. The molecule has 0 saturated carbocycles. The number of likely N-dealkylation sites (tertiary alicyclic amines) is 1. The first-order valence-electron chi connectivity index (χ1n) is 12.4. The summed E-state index contributed by atoms with van der Waals surface area (Å²) < 4.78 is 1.90. The normalized spacial score (nSPS) is 14.5. The molecule has 2 aromatic heterocycles. The fourth-order valence-corrected chi connectivity index (χ4v) is 4.17. The lowest BCUT2D eigenvalue weighted by molar-refractivity contribution is -0.137. The van der Waals surface area contributed by atoms with E-state index in [4.69, 9.17) is 15.2 Å². The van der Waals surface area contributed by atoms with E-state index in [1.54, 1.807) is 6.07 Å². The fraction of sp³-hybridized carbons (Fsp3) is 0.444. The van der Waals surface area contributed by atoms with Crippen molar-refractivity contribution in [1.82, 2.24) is 14.5 Å². The van der Waals surface area contributed by atoms with Gasteiger partial charge in [-0.05, 0) is 68.4 Å². The third-order valence-corrected chi connectivity index (χ3v) is 6.45. The van der Waals surface area contributed by atoms with Gasteiger partial charge in [0.25, 0.3) is 0 Å². The number of nitrogens with one attached hydrogen (secondary N) is 2. The fourth-order valence-electron chi connectivity index (χ4n) is 4.17. The molecule has 4 rings (SSSR count). The molecule has 3 N–H and O–H groups in total. The maximum absolute atomic E-state index is 10.9. The van der Waals surface area contributed by atoms with Gasteiger partial charge in [0.05, 0.1) is 11.8 Å². The number of aliphatic carboxylic acids is 1. The number of H-pyrrole nitrogens is 1. The molecular formula is C27H35N5O4. The monoisotopic (exact) mass is 493 g/mol. The Morgan fingerprint density at radius 2 is 2.11 bits per heavy atom. The molecule has 0 radical (unpaired) electrons. The van der Waals surface area contributed by atoms with E-state index < -0.39 is 5.97 Å². The molecule has 3 heterocycles. The highest BCUT2D eigenvalue weighted by atomic mass is 16.7. The number of piperidine rings is 1. The minimum atomic E-state index is -0.818. The van der Waals surface area contributed by atoms with Crippen molar-refractivity contribution in [3.8, 4) is 6.07 Å². The van der Waals surface area contributed by atoms with E-state index in [1.165, 1.54) is 12.8 Å². The predicted octanol–water partition coefficient (Wildman–Crippen LogP) is 4.56. The van der Waals surface area contributed by atoms with Crippen LogP contribution in [0, 0.1) is 17.2 Å². The van der Waals surface area contributed by atoms with Crippen molar-refractivity contribution in [3.63, 3.8) is 0 Å². The molecule has 1 aliphatic heterocycles. The molecule has 192 valence electrons. The predicted molar refractivity (Wildman–Crippen MR) is 138 cm³/mol. The number of rotatable bonds is 10. The third-order valence-electron chi connectivity index (χ3n) is 6.45. The molecule has 9 nitrogen and oxygen atoms in total. The standard InChI is InChI=1S/C20H22N4O3.C7H13NO/c1-14(9-11-24-10-3-4-16(24)12-21)27-23-18-6-2-5-17-20(18)15(13-22-17)7-8-19(25)26;1-7-2-4-8(6-9)5-3-7/h2-6,10,13-14,22-23H,7-9,11H2,1H3,(H,25,26);6-7H,2-5H2,1H3. The number of carboxylic acids is 1. The molecule has 3 aromatic rings. The maximum Gasteiger partial charge on any atom is 0.303 e. The van der Waals surface area contributed by atoms with Crippen LogP contribution < -0.4 is 5.48 Å². The number of fused-ring (bicyclic) bond motifs is 1. The summed E-state index contributed by atoms with van der Waals surface area (Å²) in [5.41, 5.74) is 6.33. The Morgan fingerprint density at radius 3 is 2.81 bits per heavy atom. The van der Waals surface area contributed by atoms with Gasteiger partial charge >= 0.3 is 5.97 Å². The summed E-state index contributed by atoms with van der Waals surface area (Å²) in [6.45, 7) is 6.82. The number of carbonyl (C=O) groups is 2. The number of carbonyl (C=O) groups excluding carboxylic acids is 1. The zero-order chi connectivity index (χ0) is 25.9. The first-order valence-corrected chi connectivity index (χ1v) is 12.4. The molecule has 1 saturated heterocycles. The van der Waals surface area contributed by atoms with Crippen LogP contribution in [0.4, 0.5) is 5.69 Å². The van der Waals surface area contributed by atoms with Crippen molar-refractivity contribution in [1.29, 1.82) is 5.26 Å². The Bertz CT molecular complexity index is 1170. The average Bonchev–Trinajstić information content (AvgIpc) is 3.52. The number of anilines is 1. The quantitative estimate of drug-likeness (QED) is 0.281. The number of hydrogen-bond donors (Lipinski definition) is 3. The molecule has 0 spiro atoms. The van der Waals surface area contributed by atoms with E-state index in [9.17, 15) is 9.59 Å². The first kappa shape index (κ1) is 26.8. The second kappa shape index (κ2) is 13.4. The molecule has 1 amide bonds. The van der Waals surface area contributed by atoms with E-state index in [0.717, 1.165) is 54.0 Å². The van der Waals surface area contributed by atoms with Crippen LogP contribution in [0.25, 0.3) is 10.9 Å². The highest BCUT2D eigenvalue weighted by Crippen LogP contribution is 2.28. The zero-order valence-electron chi connectivity index (χ0n) is 20.9. The van der Waals surface area contributed by atoms with Gasteiger partial charge in [-0.15, -0.1) is 0 Å². The Hall–Kier alpha value is -3.77. The van der Waals surface area contributed by atoms with Crippen molar-refractivity contribution in [2.45, 2.75) is 58.6 Å². The number of aromatic amines is 1. The molecule has 36 heavy (non-hydrogen) atoms. The summed E-state index contributed by atoms with van der Waals surface area (Å²) in [5.74, 6) is 0.00242. The second-order valence-corrected chi connectivity index (χ2v) is 9.28. The van der Waals surface area contributed by atoms with Crippen LogP contribution in [-0.4, -0.2) is 51.1 Å². The molecule has 1 atom stereocenters. The van der Waals surface area contributed by atoms with Crippen LogP contribution in [0.3, 0.4) is 0 Å². The number of hydrogen-bond acceptors (Lipinski definition) is 5. The summed E-state index contributed by atoms with van der Waals surface area (Å²) in [7, 11) is 0. The second-order valence-electron chi connectivity index (χ2n) is 9.28. The Morgan fingerprint density at radius 1 is 1.33 bits per heavy atom. The Balaban J connectivity index is 0.000000338.